The molecule has 1 unspecified atom stereocenters. The zero-order valence-corrected chi connectivity index (χ0v) is 8.39. The molecular weight excluding hydrogens is 162 g/mol. The van der Waals surface area contributed by atoms with Crippen LogP contribution in [0.25, 0.3) is 0 Å². The number of rotatable bonds is 2. The molecule has 0 heterocycles. The molecule has 0 spiro atoms. The number of hydrogen-bond acceptors (Lipinski definition) is 2. The van der Waals surface area contributed by atoms with Gasteiger partial charge in [0.25, 0.3) is 0 Å². The van der Waals surface area contributed by atoms with Gasteiger partial charge in [-0.15, -0.1) is 0 Å². The van der Waals surface area contributed by atoms with E-state index in [4.69, 9.17) is 0 Å². The second-order valence-corrected chi connectivity index (χ2v) is 4.86. The normalized spacial score (nSPS) is 31.1. The fourth-order valence-corrected chi connectivity index (χ4v) is 2.07. The molecule has 1 fully saturated rings. The van der Waals surface area contributed by atoms with Gasteiger partial charge in [-0.25, -0.2) is 0 Å². The lowest BCUT2D eigenvalue weighted by atomic mass is 9.67. The van der Waals surface area contributed by atoms with Crippen LogP contribution in [0.5, 0.6) is 0 Å². The Kier molecular flexibility index (Phi) is 1.94. The van der Waals surface area contributed by atoms with Crippen molar-refractivity contribution < 1.29 is 4.79 Å². The molecule has 2 aliphatic rings. The number of hydrogen-bond donors (Lipinski definition) is 1. The van der Waals surface area contributed by atoms with Gasteiger partial charge in [-0.3, -0.25) is 4.79 Å². The van der Waals surface area contributed by atoms with E-state index in [9.17, 15) is 4.79 Å². The Morgan fingerprint density at radius 1 is 1.46 bits per heavy atom. The lowest BCUT2D eigenvalue weighted by molar-refractivity contribution is -0.114. The first kappa shape index (κ1) is 8.79. The molecule has 1 N–H and O–H groups in total. The highest BCUT2D eigenvalue weighted by Gasteiger charge is 2.38. The van der Waals surface area contributed by atoms with Gasteiger partial charge >= 0.3 is 0 Å². The molecule has 0 amide bonds. The Morgan fingerprint density at radius 2 is 2.23 bits per heavy atom. The largest absolute Gasteiger partial charge is 0.385 e. The third-order valence-electron chi connectivity index (χ3n) is 3.36. The van der Waals surface area contributed by atoms with E-state index >= 15 is 0 Å². The van der Waals surface area contributed by atoms with Crippen molar-refractivity contribution in [3.8, 4) is 0 Å². The van der Waals surface area contributed by atoms with Gasteiger partial charge < -0.3 is 5.32 Å². The number of carbonyl (C=O) groups is 1. The quantitative estimate of drug-likeness (QED) is 0.702. The monoisotopic (exact) mass is 179 g/mol. The third-order valence-corrected chi connectivity index (χ3v) is 3.36. The highest BCUT2D eigenvalue weighted by Crippen LogP contribution is 2.40. The first-order valence-electron chi connectivity index (χ1n) is 5.08. The van der Waals surface area contributed by atoms with Gasteiger partial charge in [0, 0.05) is 24.2 Å². The SMILES string of the molecule is CC1(C)CCC1NC1=CC(=O)CC1. The van der Waals surface area contributed by atoms with Gasteiger partial charge in [-0.1, -0.05) is 13.8 Å². The van der Waals surface area contributed by atoms with Crippen molar-refractivity contribution in [2.45, 2.75) is 45.6 Å². The van der Waals surface area contributed by atoms with Gasteiger partial charge in [0.1, 0.15) is 0 Å². The molecular formula is C11H17NO. The Bertz CT molecular complexity index is 265. The predicted octanol–water partition coefficient (Wildman–Crippen LogP) is 2.01. The van der Waals surface area contributed by atoms with Gasteiger partial charge in [-0.05, 0) is 24.7 Å². The van der Waals surface area contributed by atoms with Gasteiger partial charge in [-0.2, -0.15) is 0 Å². The Morgan fingerprint density at radius 3 is 2.62 bits per heavy atom. The molecule has 0 aromatic heterocycles. The van der Waals surface area contributed by atoms with Crippen LogP contribution in [0.1, 0.15) is 39.5 Å². The zero-order chi connectivity index (χ0) is 9.47. The minimum Gasteiger partial charge on any atom is -0.385 e. The molecule has 2 aliphatic carbocycles. The van der Waals surface area contributed by atoms with E-state index in [2.05, 4.69) is 19.2 Å². The highest BCUT2D eigenvalue weighted by atomic mass is 16.1. The number of ketones is 1. The summed E-state index contributed by atoms with van der Waals surface area (Å²) in [6, 6.07) is 0.588. The maximum atomic E-state index is 11.0. The van der Waals surface area contributed by atoms with E-state index in [0.29, 0.717) is 17.9 Å². The van der Waals surface area contributed by atoms with Gasteiger partial charge in [0.2, 0.25) is 0 Å². The zero-order valence-electron chi connectivity index (χ0n) is 8.39. The van der Waals surface area contributed by atoms with E-state index in [1.165, 1.54) is 12.8 Å². The average molecular weight is 179 g/mol. The van der Waals surface area contributed by atoms with Crippen molar-refractivity contribution >= 4 is 5.78 Å². The van der Waals surface area contributed by atoms with Gasteiger partial charge in [0.05, 0.1) is 0 Å². The Hall–Kier alpha value is -0.790. The lowest BCUT2D eigenvalue weighted by Gasteiger charge is -2.45. The van der Waals surface area contributed by atoms with Crippen LogP contribution in [-0.4, -0.2) is 11.8 Å². The number of allylic oxidation sites excluding steroid dienone is 2. The van der Waals surface area contributed by atoms with E-state index in [1.807, 2.05) is 0 Å². The molecule has 0 radical (unpaired) electrons. The number of carbonyl (C=O) groups excluding carboxylic acids is 1. The molecule has 1 saturated carbocycles. The molecule has 0 bridgehead atoms. The van der Waals surface area contributed by atoms with Crippen molar-refractivity contribution in [2.24, 2.45) is 5.41 Å². The molecule has 0 aromatic carbocycles. The van der Waals surface area contributed by atoms with Crippen LogP contribution in [0.3, 0.4) is 0 Å². The average Bonchev–Trinajstić information content (AvgIpc) is 2.46. The molecule has 13 heavy (non-hydrogen) atoms. The van der Waals surface area contributed by atoms with Crippen LogP contribution in [0.15, 0.2) is 11.8 Å². The second kappa shape index (κ2) is 2.86. The summed E-state index contributed by atoms with van der Waals surface area (Å²) in [6.07, 6.45) is 5.94. The third kappa shape index (κ3) is 1.62. The topological polar surface area (TPSA) is 29.1 Å². The summed E-state index contributed by atoms with van der Waals surface area (Å²) < 4.78 is 0. The van der Waals surface area contributed by atoms with Crippen LogP contribution in [0, 0.1) is 5.41 Å². The summed E-state index contributed by atoms with van der Waals surface area (Å²) in [7, 11) is 0. The molecule has 2 nitrogen and oxygen atoms in total. The minimum atomic E-state index is 0.277. The van der Waals surface area contributed by atoms with Crippen molar-refractivity contribution in [3.63, 3.8) is 0 Å². The summed E-state index contributed by atoms with van der Waals surface area (Å²) in [6.45, 7) is 4.57. The first-order chi connectivity index (χ1) is 6.08. The fourth-order valence-electron chi connectivity index (χ4n) is 2.07. The van der Waals surface area contributed by atoms with Gasteiger partial charge in [0.15, 0.2) is 5.78 Å². The minimum absolute atomic E-state index is 0.277. The van der Waals surface area contributed by atoms with Crippen molar-refractivity contribution in [1.29, 1.82) is 0 Å². The van der Waals surface area contributed by atoms with Crippen LogP contribution in [-0.2, 0) is 4.79 Å². The summed E-state index contributed by atoms with van der Waals surface area (Å²) in [4.78, 5) is 11.0. The Balaban J connectivity index is 1.92. The standard InChI is InChI=1S/C11H17NO/c1-11(2)6-5-10(11)12-8-3-4-9(13)7-8/h7,10,12H,3-6H2,1-2H3. The summed E-state index contributed by atoms with van der Waals surface area (Å²) in [5, 5.41) is 3.48. The van der Waals surface area contributed by atoms with Crippen molar-refractivity contribution in [3.05, 3.63) is 11.8 Å². The van der Waals surface area contributed by atoms with Crippen LogP contribution >= 0.6 is 0 Å². The summed E-state index contributed by atoms with van der Waals surface area (Å²) >= 11 is 0. The van der Waals surface area contributed by atoms with Crippen LogP contribution in [0.2, 0.25) is 0 Å². The van der Waals surface area contributed by atoms with E-state index in [-0.39, 0.29) is 5.78 Å². The summed E-state index contributed by atoms with van der Waals surface area (Å²) in [5.41, 5.74) is 1.58. The summed E-state index contributed by atoms with van der Waals surface area (Å²) in [5.74, 6) is 0.277. The van der Waals surface area contributed by atoms with Crippen molar-refractivity contribution in [1.82, 2.24) is 5.32 Å². The molecule has 0 aromatic rings. The molecule has 0 saturated heterocycles. The smallest absolute Gasteiger partial charge is 0.157 e. The second-order valence-electron chi connectivity index (χ2n) is 4.86. The molecule has 2 rings (SSSR count). The maximum Gasteiger partial charge on any atom is 0.157 e. The first-order valence-corrected chi connectivity index (χ1v) is 5.08. The predicted molar refractivity (Wildman–Crippen MR) is 52.3 cm³/mol. The highest BCUT2D eigenvalue weighted by molar-refractivity contribution is 5.92. The molecule has 2 heteroatoms. The maximum absolute atomic E-state index is 11.0. The molecule has 72 valence electrons. The van der Waals surface area contributed by atoms with Crippen LogP contribution in [0.4, 0.5) is 0 Å². The fraction of sp³-hybridized carbons (Fsp3) is 0.727. The van der Waals surface area contributed by atoms with E-state index in [1.54, 1.807) is 6.08 Å². The van der Waals surface area contributed by atoms with Crippen LogP contribution < -0.4 is 5.32 Å². The number of nitrogens with one attached hydrogen (secondary N) is 1. The lowest BCUT2D eigenvalue weighted by Crippen LogP contribution is -2.49. The molecule has 0 aliphatic heterocycles. The molecule has 1 atom stereocenters. The van der Waals surface area contributed by atoms with E-state index in [0.717, 1.165) is 12.1 Å². The van der Waals surface area contributed by atoms with E-state index < -0.39 is 0 Å². The Labute approximate surface area is 79.4 Å². The van der Waals surface area contributed by atoms with Crippen molar-refractivity contribution in [2.75, 3.05) is 0 Å².